The highest BCUT2D eigenvalue weighted by molar-refractivity contribution is 5.98. The third-order valence-electron chi connectivity index (χ3n) is 3.52. The van der Waals surface area contributed by atoms with E-state index in [0.29, 0.717) is 18.0 Å². The highest BCUT2D eigenvalue weighted by atomic mass is 19.1. The van der Waals surface area contributed by atoms with Gasteiger partial charge in [-0.1, -0.05) is 18.2 Å². The highest BCUT2D eigenvalue weighted by Crippen LogP contribution is 2.30. The summed E-state index contributed by atoms with van der Waals surface area (Å²) in [5.74, 6) is -0.360. The molecule has 2 aromatic carbocycles. The Bertz CT molecular complexity index is 748. The molecule has 1 aliphatic rings. The molecule has 0 unspecified atom stereocenters. The van der Waals surface area contributed by atoms with Gasteiger partial charge in [0, 0.05) is 18.7 Å². The molecule has 1 N–H and O–H groups in total. The summed E-state index contributed by atoms with van der Waals surface area (Å²) in [4.78, 5) is 25.5. The Balaban J connectivity index is 1.62. The first kappa shape index (κ1) is 15.0. The van der Waals surface area contributed by atoms with E-state index >= 15 is 0 Å². The van der Waals surface area contributed by atoms with Crippen LogP contribution in [0.25, 0.3) is 0 Å². The Labute approximate surface area is 132 Å². The van der Waals surface area contributed by atoms with Crippen LogP contribution in [0.15, 0.2) is 48.5 Å². The number of hydrogen-bond acceptors (Lipinski definition) is 3. The Hall–Kier alpha value is -2.89. The molecule has 2 aromatic rings. The lowest BCUT2D eigenvalue weighted by Gasteiger charge is -2.29. The maximum atomic E-state index is 13.1. The van der Waals surface area contributed by atoms with Gasteiger partial charge in [0.1, 0.15) is 11.6 Å². The fraction of sp³-hybridized carbons (Fsp3) is 0.176. The molecule has 0 aliphatic carbocycles. The van der Waals surface area contributed by atoms with Gasteiger partial charge in [-0.15, -0.1) is 0 Å². The quantitative estimate of drug-likeness (QED) is 0.939. The molecule has 3 rings (SSSR count). The normalized spacial score (nSPS) is 13.3. The zero-order chi connectivity index (χ0) is 16.2. The van der Waals surface area contributed by atoms with Gasteiger partial charge in [-0.3, -0.25) is 9.59 Å². The third kappa shape index (κ3) is 3.31. The highest BCUT2D eigenvalue weighted by Gasteiger charge is 2.24. The summed E-state index contributed by atoms with van der Waals surface area (Å²) in [6.45, 7) is 0.560. The number of amides is 2. The minimum atomic E-state index is -0.463. The van der Waals surface area contributed by atoms with Crippen molar-refractivity contribution in [1.29, 1.82) is 0 Å². The fourth-order valence-electron chi connectivity index (χ4n) is 2.41. The largest absolute Gasteiger partial charge is 0.482 e. The van der Waals surface area contributed by atoms with Crippen LogP contribution in [0.5, 0.6) is 5.75 Å². The molecule has 0 fully saturated rings. The number of para-hydroxylation sites is 2. The summed E-state index contributed by atoms with van der Waals surface area (Å²) in [6.07, 6.45) is 0. The Kier molecular flexibility index (Phi) is 4.23. The second-order valence-electron chi connectivity index (χ2n) is 5.07. The van der Waals surface area contributed by atoms with Crippen molar-refractivity contribution in [3.05, 3.63) is 59.9 Å². The summed E-state index contributed by atoms with van der Waals surface area (Å²) < 4.78 is 18.5. The molecule has 0 bridgehead atoms. The standard InChI is InChI=1S/C17H15FN2O3/c18-13-5-3-4-12(10-13)17(22)19-8-9-20-14-6-1-2-7-15(14)23-11-16(20)21/h1-7,10H,8-9,11H2,(H,19,22). The zero-order valence-electron chi connectivity index (χ0n) is 12.3. The number of nitrogens with zero attached hydrogens (tertiary/aromatic N) is 1. The number of nitrogens with one attached hydrogen (secondary N) is 1. The van der Waals surface area contributed by atoms with Crippen molar-refractivity contribution >= 4 is 17.5 Å². The van der Waals surface area contributed by atoms with E-state index in [1.54, 1.807) is 17.0 Å². The molecule has 0 saturated heterocycles. The van der Waals surface area contributed by atoms with Gasteiger partial charge in [-0.05, 0) is 30.3 Å². The minimum absolute atomic E-state index is 0.0190. The van der Waals surface area contributed by atoms with Crippen LogP contribution in [-0.4, -0.2) is 31.5 Å². The summed E-state index contributed by atoms with van der Waals surface area (Å²) in [7, 11) is 0. The number of anilines is 1. The second kappa shape index (κ2) is 6.48. The van der Waals surface area contributed by atoms with Crippen molar-refractivity contribution in [2.75, 3.05) is 24.6 Å². The van der Waals surface area contributed by atoms with Crippen LogP contribution in [0.2, 0.25) is 0 Å². The minimum Gasteiger partial charge on any atom is -0.482 e. The lowest BCUT2D eigenvalue weighted by molar-refractivity contribution is -0.121. The van der Waals surface area contributed by atoms with E-state index in [-0.39, 0.29) is 30.5 Å². The van der Waals surface area contributed by atoms with Crippen molar-refractivity contribution in [1.82, 2.24) is 5.32 Å². The second-order valence-corrected chi connectivity index (χ2v) is 5.07. The molecule has 1 aliphatic heterocycles. The number of halogens is 1. The van der Waals surface area contributed by atoms with Crippen molar-refractivity contribution < 1.29 is 18.7 Å². The van der Waals surface area contributed by atoms with Crippen LogP contribution in [0.3, 0.4) is 0 Å². The van der Waals surface area contributed by atoms with Gasteiger partial charge in [0.25, 0.3) is 11.8 Å². The molecule has 6 heteroatoms. The average Bonchev–Trinajstić information content (AvgIpc) is 2.56. The molecule has 0 saturated carbocycles. The van der Waals surface area contributed by atoms with Gasteiger partial charge >= 0.3 is 0 Å². The number of fused-ring (bicyclic) bond motifs is 1. The number of benzene rings is 2. The Morgan fingerprint density at radius 1 is 1.22 bits per heavy atom. The summed E-state index contributed by atoms with van der Waals surface area (Å²) >= 11 is 0. The van der Waals surface area contributed by atoms with Gasteiger partial charge in [0.2, 0.25) is 0 Å². The van der Waals surface area contributed by atoms with Crippen LogP contribution >= 0.6 is 0 Å². The van der Waals surface area contributed by atoms with Crippen molar-refractivity contribution in [2.24, 2.45) is 0 Å². The number of hydrogen-bond donors (Lipinski definition) is 1. The predicted molar refractivity (Wildman–Crippen MR) is 83.0 cm³/mol. The van der Waals surface area contributed by atoms with Crippen molar-refractivity contribution in [2.45, 2.75) is 0 Å². The van der Waals surface area contributed by atoms with E-state index in [9.17, 15) is 14.0 Å². The third-order valence-corrected chi connectivity index (χ3v) is 3.52. The molecule has 0 spiro atoms. The molecule has 0 radical (unpaired) electrons. The number of rotatable bonds is 4. The summed E-state index contributed by atoms with van der Waals surface area (Å²) in [5.41, 5.74) is 0.933. The van der Waals surface area contributed by atoms with Gasteiger partial charge in [0.15, 0.2) is 6.61 Å². The van der Waals surface area contributed by atoms with Crippen molar-refractivity contribution in [3.8, 4) is 5.75 Å². The molecule has 0 aromatic heterocycles. The molecular formula is C17H15FN2O3. The van der Waals surface area contributed by atoms with E-state index in [2.05, 4.69) is 5.32 Å². The van der Waals surface area contributed by atoms with Crippen LogP contribution in [0.4, 0.5) is 10.1 Å². The summed E-state index contributed by atoms with van der Waals surface area (Å²) in [6, 6.07) is 12.7. The van der Waals surface area contributed by atoms with Crippen molar-refractivity contribution in [3.63, 3.8) is 0 Å². The molecule has 2 amide bonds. The molecule has 1 heterocycles. The van der Waals surface area contributed by atoms with E-state index in [0.717, 1.165) is 0 Å². The maximum Gasteiger partial charge on any atom is 0.265 e. The van der Waals surface area contributed by atoms with Crippen LogP contribution < -0.4 is 15.0 Å². The van der Waals surface area contributed by atoms with Crippen LogP contribution in [0.1, 0.15) is 10.4 Å². The average molecular weight is 314 g/mol. The molecule has 118 valence electrons. The fourth-order valence-corrected chi connectivity index (χ4v) is 2.41. The van der Waals surface area contributed by atoms with Gasteiger partial charge < -0.3 is 15.0 Å². The van der Waals surface area contributed by atoms with E-state index in [4.69, 9.17) is 4.74 Å². The number of carbonyl (C=O) groups is 2. The van der Waals surface area contributed by atoms with Gasteiger partial charge in [0.05, 0.1) is 5.69 Å². The smallest absolute Gasteiger partial charge is 0.265 e. The lowest BCUT2D eigenvalue weighted by atomic mass is 10.2. The molecular weight excluding hydrogens is 299 g/mol. The monoisotopic (exact) mass is 314 g/mol. The number of carbonyl (C=O) groups excluding carboxylic acids is 2. The predicted octanol–water partition coefficient (Wildman–Crippen LogP) is 1.98. The molecule has 5 nitrogen and oxygen atoms in total. The SMILES string of the molecule is O=C(NCCN1C(=O)COc2ccccc21)c1cccc(F)c1. The topological polar surface area (TPSA) is 58.6 Å². The lowest BCUT2D eigenvalue weighted by Crippen LogP contribution is -2.43. The van der Waals surface area contributed by atoms with Gasteiger partial charge in [-0.2, -0.15) is 0 Å². The molecule has 23 heavy (non-hydrogen) atoms. The molecule has 0 atom stereocenters. The first-order valence-electron chi connectivity index (χ1n) is 7.21. The first-order chi connectivity index (χ1) is 11.1. The van der Waals surface area contributed by atoms with Gasteiger partial charge in [-0.25, -0.2) is 4.39 Å². The van der Waals surface area contributed by atoms with Crippen LogP contribution in [0, 0.1) is 5.82 Å². The number of ether oxygens (including phenoxy) is 1. The first-order valence-corrected chi connectivity index (χ1v) is 7.21. The Morgan fingerprint density at radius 3 is 2.87 bits per heavy atom. The Morgan fingerprint density at radius 2 is 2.04 bits per heavy atom. The zero-order valence-corrected chi connectivity index (χ0v) is 12.3. The van der Waals surface area contributed by atoms with E-state index in [1.807, 2.05) is 12.1 Å². The summed E-state index contributed by atoms with van der Waals surface area (Å²) in [5, 5.41) is 2.68. The van der Waals surface area contributed by atoms with Crippen LogP contribution in [-0.2, 0) is 4.79 Å². The van der Waals surface area contributed by atoms with E-state index in [1.165, 1.54) is 24.3 Å². The maximum absolute atomic E-state index is 13.1. The van der Waals surface area contributed by atoms with E-state index < -0.39 is 5.82 Å².